The van der Waals surface area contributed by atoms with E-state index in [1.165, 1.54) is 12.3 Å². The van der Waals surface area contributed by atoms with Gasteiger partial charge in [0.15, 0.2) is 0 Å². The van der Waals surface area contributed by atoms with Crippen molar-refractivity contribution in [2.24, 2.45) is 0 Å². The van der Waals surface area contributed by atoms with Crippen molar-refractivity contribution in [1.29, 1.82) is 0 Å². The molecule has 1 aliphatic rings. The van der Waals surface area contributed by atoms with Gasteiger partial charge in [-0.1, -0.05) is 25.4 Å². The van der Waals surface area contributed by atoms with Crippen molar-refractivity contribution in [2.75, 3.05) is 13.1 Å². The van der Waals surface area contributed by atoms with Crippen LogP contribution in [-0.2, 0) is 4.74 Å². The average Bonchev–Trinajstić information content (AvgIpc) is 2.57. The third-order valence-corrected chi connectivity index (χ3v) is 3.82. The second-order valence-corrected chi connectivity index (χ2v) is 6.95. The molecule has 146 valence electrons. The molecule has 0 bridgehead atoms. The second-order valence-electron chi connectivity index (χ2n) is 6.57. The second kappa shape index (κ2) is 9.62. The Balaban J connectivity index is 0.00000163. The van der Waals surface area contributed by atoms with Crippen molar-refractivity contribution in [2.45, 2.75) is 59.2 Å². The predicted molar refractivity (Wildman–Crippen MR) is 99.0 cm³/mol. The number of ether oxygens (including phenoxy) is 2. The van der Waals surface area contributed by atoms with Crippen LogP contribution in [0.4, 0.5) is 4.79 Å². The van der Waals surface area contributed by atoms with Crippen LogP contribution in [0.25, 0.3) is 0 Å². The van der Waals surface area contributed by atoms with E-state index in [0.717, 1.165) is 0 Å². The van der Waals surface area contributed by atoms with Crippen LogP contribution in [0.15, 0.2) is 12.3 Å². The fourth-order valence-corrected chi connectivity index (χ4v) is 2.55. The number of carbonyl (C=O) groups is 2. The molecule has 0 unspecified atom stereocenters. The number of rotatable bonds is 3. The number of carboxylic acid groups (broad SMARTS) is 1. The van der Waals surface area contributed by atoms with Crippen LogP contribution >= 0.6 is 11.6 Å². The molecule has 7 nitrogen and oxygen atoms in total. The van der Waals surface area contributed by atoms with Gasteiger partial charge in [0.2, 0.25) is 5.88 Å². The SMILES string of the molecule is CC.CC(C)(C)OC(=O)N1CCC(Oc2nccc(C(=O)O)c2Cl)CC1. The van der Waals surface area contributed by atoms with Gasteiger partial charge >= 0.3 is 12.1 Å². The lowest BCUT2D eigenvalue weighted by molar-refractivity contribution is 0.0122. The Bertz CT molecular complexity index is 622. The zero-order valence-electron chi connectivity index (χ0n) is 15.9. The highest BCUT2D eigenvalue weighted by Crippen LogP contribution is 2.28. The molecule has 0 atom stereocenters. The van der Waals surface area contributed by atoms with Gasteiger partial charge in [0.05, 0.1) is 5.56 Å². The van der Waals surface area contributed by atoms with E-state index in [4.69, 9.17) is 26.2 Å². The van der Waals surface area contributed by atoms with E-state index in [9.17, 15) is 9.59 Å². The number of amides is 1. The minimum atomic E-state index is -1.13. The Kier molecular flexibility index (Phi) is 8.14. The van der Waals surface area contributed by atoms with Crippen molar-refractivity contribution in [3.63, 3.8) is 0 Å². The van der Waals surface area contributed by atoms with Crippen LogP contribution < -0.4 is 4.74 Å². The number of halogens is 1. The maximum Gasteiger partial charge on any atom is 0.410 e. The molecule has 8 heteroatoms. The van der Waals surface area contributed by atoms with Crippen molar-refractivity contribution in [3.05, 3.63) is 22.8 Å². The number of pyridine rings is 1. The summed E-state index contributed by atoms with van der Waals surface area (Å²) in [5, 5.41) is 9.04. The first kappa shape index (κ1) is 22.0. The van der Waals surface area contributed by atoms with Gasteiger partial charge in [-0.15, -0.1) is 0 Å². The topological polar surface area (TPSA) is 89.0 Å². The molecule has 2 rings (SSSR count). The third kappa shape index (κ3) is 6.37. The summed E-state index contributed by atoms with van der Waals surface area (Å²) in [7, 11) is 0. The normalized spacial score (nSPS) is 14.9. The minimum absolute atomic E-state index is 0.0143. The van der Waals surface area contributed by atoms with Crippen molar-refractivity contribution in [1.82, 2.24) is 9.88 Å². The number of aromatic nitrogens is 1. The standard InChI is InChI=1S/C16H21ClN2O5.C2H6/c1-16(2,3)24-15(22)19-8-5-10(6-9-19)23-13-12(17)11(14(20)21)4-7-18-13;1-2/h4,7,10H,5-6,8-9H2,1-3H3,(H,20,21);1-2H3. The first-order valence-corrected chi connectivity index (χ1v) is 9.07. The van der Waals surface area contributed by atoms with Crippen LogP contribution in [0.1, 0.15) is 57.8 Å². The van der Waals surface area contributed by atoms with Crippen molar-refractivity contribution >= 4 is 23.7 Å². The molecule has 0 aromatic carbocycles. The predicted octanol–water partition coefficient (Wildman–Crippen LogP) is 4.24. The molecule has 26 heavy (non-hydrogen) atoms. The Morgan fingerprint density at radius 1 is 1.27 bits per heavy atom. The Hall–Kier alpha value is -2.02. The molecule has 1 saturated heterocycles. The van der Waals surface area contributed by atoms with Gasteiger partial charge in [0.25, 0.3) is 0 Å². The van der Waals surface area contributed by atoms with E-state index in [1.807, 2.05) is 34.6 Å². The van der Waals surface area contributed by atoms with E-state index < -0.39 is 11.6 Å². The Morgan fingerprint density at radius 3 is 2.35 bits per heavy atom. The van der Waals surface area contributed by atoms with E-state index in [-0.39, 0.29) is 28.7 Å². The molecule has 0 spiro atoms. The van der Waals surface area contributed by atoms with E-state index >= 15 is 0 Å². The summed E-state index contributed by atoms with van der Waals surface area (Å²) >= 11 is 6.02. The highest BCUT2D eigenvalue weighted by Gasteiger charge is 2.28. The highest BCUT2D eigenvalue weighted by atomic mass is 35.5. The number of hydrogen-bond acceptors (Lipinski definition) is 5. The van der Waals surface area contributed by atoms with Crippen molar-refractivity contribution in [3.8, 4) is 5.88 Å². The maximum absolute atomic E-state index is 12.0. The van der Waals surface area contributed by atoms with Gasteiger partial charge < -0.3 is 19.5 Å². The summed E-state index contributed by atoms with van der Waals surface area (Å²) in [5.74, 6) is -1.03. The van der Waals surface area contributed by atoms with E-state index in [2.05, 4.69) is 4.98 Å². The van der Waals surface area contributed by atoms with Gasteiger partial charge in [0, 0.05) is 32.1 Å². The largest absolute Gasteiger partial charge is 0.478 e. The lowest BCUT2D eigenvalue weighted by atomic mass is 10.1. The lowest BCUT2D eigenvalue weighted by Gasteiger charge is -2.33. The van der Waals surface area contributed by atoms with Gasteiger partial charge in [-0.25, -0.2) is 14.6 Å². The quantitative estimate of drug-likeness (QED) is 0.835. The summed E-state index contributed by atoms with van der Waals surface area (Å²) in [4.78, 5) is 28.7. The van der Waals surface area contributed by atoms with Crippen LogP contribution in [0.3, 0.4) is 0 Å². The maximum atomic E-state index is 12.0. The average molecular weight is 387 g/mol. The molecule has 0 saturated carbocycles. The van der Waals surface area contributed by atoms with Crippen LogP contribution in [0.2, 0.25) is 5.02 Å². The van der Waals surface area contributed by atoms with Gasteiger partial charge in [-0.2, -0.15) is 0 Å². The molecule has 1 fully saturated rings. The highest BCUT2D eigenvalue weighted by molar-refractivity contribution is 6.34. The van der Waals surface area contributed by atoms with Crippen LogP contribution in [0.5, 0.6) is 5.88 Å². The Morgan fingerprint density at radius 2 is 1.85 bits per heavy atom. The number of carbonyl (C=O) groups excluding carboxylic acids is 1. The molecule has 0 radical (unpaired) electrons. The van der Waals surface area contributed by atoms with Crippen molar-refractivity contribution < 1.29 is 24.2 Å². The molecule has 1 aromatic heterocycles. The number of carboxylic acids is 1. The summed E-state index contributed by atoms with van der Waals surface area (Å²) in [6.45, 7) is 10.5. The monoisotopic (exact) mass is 386 g/mol. The number of aromatic carboxylic acids is 1. The van der Waals surface area contributed by atoms with Gasteiger partial charge in [-0.3, -0.25) is 0 Å². The first-order valence-electron chi connectivity index (χ1n) is 8.70. The molecule has 1 aliphatic heterocycles. The third-order valence-electron chi connectivity index (χ3n) is 3.46. The first-order chi connectivity index (χ1) is 12.2. The number of hydrogen-bond donors (Lipinski definition) is 1. The fourth-order valence-electron chi connectivity index (χ4n) is 2.31. The zero-order valence-corrected chi connectivity index (χ0v) is 16.7. The molecule has 1 amide bonds. The van der Waals surface area contributed by atoms with E-state index in [1.54, 1.807) is 4.90 Å². The number of nitrogens with zero attached hydrogens (tertiary/aromatic N) is 2. The Labute approximate surface area is 159 Å². The lowest BCUT2D eigenvalue weighted by Crippen LogP contribution is -2.44. The fraction of sp³-hybridized carbons (Fsp3) is 0.611. The summed E-state index contributed by atoms with van der Waals surface area (Å²) < 4.78 is 11.1. The summed E-state index contributed by atoms with van der Waals surface area (Å²) in [6.07, 6.45) is 2.01. The van der Waals surface area contributed by atoms with Gasteiger partial charge in [0.1, 0.15) is 16.7 Å². The van der Waals surface area contributed by atoms with Gasteiger partial charge in [-0.05, 0) is 26.8 Å². The zero-order chi connectivity index (χ0) is 19.9. The molecule has 1 aromatic rings. The number of piperidine rings is 1. The summed E-state index contributed by atoms with van der Waals surface area (Å²) in [5.41, 5.74) is -0.577. The molecule has 1 N–H and O–H groups in total. The molecule has 0 aliphatic carbocycles. The van der Waals surface area contributed by atoms with Crippen LogP contribution in [0, 0.1) is 0 Å². The van der Waals surface area contributed by atoms with E-state index in [0.29, 0.717) is 25.9 Å². The summed E-state index contributed by atoms with van der Waals surface area (Å²) in [6, 6.07) is 1.32. The number of likely N-dealkylation sites (tertiary alicyclic amines) is 1. The molecular weight excluding hydrogens is 360 g/mol. The smallest absolute Gasteiger partial charge is 0.410 e. The minimum Gasteiger partial charge on any atom is -0.478 e. The van der Waals surface area contributed by atoms with Crippen LogP contribution in [-0.4, -0.2) is 51.8 Å². The molecular formula is C18H27ClN2O5. The molecule has 2 heterocycles.